The Morgan fingerprint density at radius 1 is 0.881 bits per heavy atom. The lowest BCUT2D eigenvalue weighted by atomic mass is 9.63. The van der Waals surface area contributed by atoms with Gasteiger partial charge in [-0.15, -0.1) is 0 Å². The predicted octanol–water partition coefficient (Wildman–Crippen LogP) is 7.09. The summed E-state index contributed by atoms with van der Waals surface area (Å²) in [4.78, 5) is 41.6. The van der Waals surface area contributed by atoms with Gasteiger partial charge in [-0.2, -0.15) is 0 Å². The highest BCUT2D eigenvalue weighted by Gasteiger charge is 2.49. The molecule has 0 saturated heterocycles. The van der Waals surface area contributed by atoms with Crippen LogP contribution in [0.3, 0.4) is 0 Å². The zero-order valence-electron chi connectivity index (χ0n) is 24.9. The Hall–Kier alpha value is -3.58. The highest BCUT2D eigenvalue weighted by molar-refractivity contribution is 6.30. The monoisotopic (exact) mass is 591 g/mol. The van der Waals surface area contributed by atoms with Crippen LogP contribution in [0.15, 0.2) is 65.0 Å². The molecular weight excluding hydrogens is 554 g/mol. The van der Waals surface area contributed by atoms with Crippen molar-refractivity contribution in [2.45, 2.75) is 72.8 Å². The number of halogens is 1. The van der Waals surface area contributed by atoms with Crippen molar-refractivity contribution in [3.8, 4) is 11.5 Å². The number of aliphatic carboxylic acids is 1. The van der Waals surface area contributed by atoms with E-state index < -0.39 is 11.9 Å². The number of carboxylic acid groups (broad SMARTS) is 1. The molecule has 8 heteroatoms. The summed E-state index contributed by atoms with van der Waals surface area (Å²) >= 11 is 6.02. The van der Waals surface area contributed by atoms with Gasteiger partial charge >= 0.3 is 5.97 Å². The number of benzene rings is 2. The lowest BCUT2D eigenvalue weighted by Crippen LogP contribution is -2.45. The van der Waals surface area contributed by atoms with E-state index in [0.717, 1.165) is 11.1 Å². The molecule has 2 aliphatic carbocycles. The molecule has 0 fully saturated rings. The van der Waals surface area contributed by atoms with E-state index in [1.54, 1.807) is 4.90 Å². The third-order valence-electron chi connectivity index (χ3n) is 8.22. The molecule has 2 aromatic carbocycles. The van der Waals surface area contributed by atoms with Crippen LogP contribution in [0.25, 0.3) is 0 Å². The summed E-state index contributed by atoms with van der Waals surface area (Å²) in [5.41, 5.74) is 3.53. The first-order valence-corrected chi connectivity index (χ1v) is 14.8. The number of carboxylic acids is 1. The first-order valence-electron chi connectivity index (χ1n) is 14.4. The number of hydrogen-bond donors (Lipinski definition) is 1. The molecule has 0 atom stereocenters. The molecule has 3 aliphatic rings. The maximum atomic E-state index is 13.9. The van der Waals surface area contributed by atoms with Gasteiger partial charge in [-0.3, -0.25) is 14.4 Å². The average Bonchev–Trinajstić information content (AvgIpc) is 2.88. The number of carbonyl (C=O) groups is 3. The third kappa shape index (κ3) is 5.98. The normalized spacial score (nSPS) is 19.9. The summed E-state index contributed by atoms with van der Waals surface area (Å²) in [6.07, 6.45) is 1.74. The molecule has 1 N–H and O–H groups in total. The van der Waals surface area contributed by atoms with Crippen LogP contribution in [-0.4, -0.2) is 40.7 Å². The molecule has 222 valence electrons. The second-order valence-electron chi connectivity index (χ2n) is 13.1. The van der Waals surface area contributed by atoms with E-state index in [1.165, 1.54) is 0 Å². The molecule has 0 aromatic heterocycles. The van der Waals surface area contributed by atoms with Crippen molar-refractivity contribution in [1.82, 2.24) is 4.90 Å². The van der Waals surface area contributed by atoms with E-state index in [4.69, 9.17) is 21.1 Å². The molecule has 2 aromatic rings. The van der Waals surface area contributed by atoms with E-state index in [-0.39, 0.29) is 28.9 Å². The summed E-state index contributed by atoms with van der Waals surface area (Å²) in [7, 11) is 0. The Balaban J connectivity index is 1.64. The fraction of sp³-hybridized carbons (Fsp3) is 0.441. The van der Waals surface area contributed by atoms with Crippen molar-refractivity contribution >= 4 is 29.1 Å². The fourth-order valence-electron chi connectivity index (χ4n) is 6.54. The molecule has 0 amide bonds. The SMILES string of the molecule is CCOc1cc(C2C3=C(CC(C)(C)CC3=O)N(CC(=O)O)C3=C2C(=O)CC(C)(C)C3)ccc1OCc1ccc(Cl)cc1. The lowest BCUT2D eigenvalue weighted by Gasteiger charge is -2.48. The van der Waals surface area contributed by atoms with E-state index >= 15 is 0 Å². The smallest absolute Gasteiger partial charge is 0.323 e. The van der Waals surface area contributed by atoms with Crippen molar-refractivity contribution in [3.05, 3.63) is 81.2 Å². The second-order valence-corrected chi connectivity index (χ2v) is 13.5. The maximum absolute atomic E-state index is 13.9. The van der Waals surface area contributed by atoms with Gasteiger partial charge in [-0.05, 0) is 66.0 Å². The van der Waals surface area contributed by atoms with Gasteiger partial charge in [0.25, 0.3) is 0 Å². The van der Waals surface area contributed by atoms with E-state index in [1.807, 2.05) is 77.1 Å². The minimum Gasteiger partial charge on any atom is -0.490 e. The maximum Gasteiger partial charge on any atom is 0.323 e. The van der Waals surface area contributed by atoms with Crippen LogP contribution in [0.5, 0.6) is 11.5 Å². The van der Waals surface area contributed by atoms with Crippen molar-refractivity contribution in [2.24, 2.45) is 10.8 Å². The summed E-state index contributed by atoms with van der Waals surface area (Å²) < 4.78 is 12.1. The first kappa shape index (κ1) is 29.9. The van der Waals surface area contributed by atoms with Crippen molar-refractivity contribution < 1.29 is 29.0 Å². The van der Waals surface area contributed by atoms with Gasteiger partial charge in [0.15, 0.2) is 23.1 Å². The van der Waals surface area contributed by atoms with Crippen molar-refractivity contribution in [1.29, 1.82) is 0 Å². The topological polar surface area (TPSA) is 93.1 Å². The van der Waals surface area contributed by atoms with E-state index in [0.29, 0.717) is 78.0 Å². The molecule has 0 saturated carbocycles. The van der Waals surface area contributed by atoms with Crippen LogP contribution in [-0.2, 0) is 21.0 Å². The number of allylic oxidation sites excluding steroid dienone is 4. The van der Waals surface area contributed by atoms with E-state index in [9.17, 15) is 19.5 Å². The first-order chi connectivity index (χ1) is 19.8. The Kier molecular flexibility index (Phi) is 8.01. The minimum atomic E-state index is -1.00. The molecule has 7 nitrogen and oxygen atoms in total. The zero-order valence-corrected chi connectivity index (χ0v) is 25.6. The fourth-order valence-corrected chi connectivity index (χ4v) is 6.67. The third-order valence-corrected chi connectivity index (χ3v) is 8.48. The molecule has 1 heterocycles. The van der Waals surface area contributed by atoms with Crippen LogP contribution in [0.2, 0.25) is 5.02 Å². The standard InChI is InChI=1S/C34H38ClNO6/c1-6-41-28-13-21(9-12-27(28)42-19-20-7-10-22(35)11-8-20)30-31-23(14-33(2,3)16-25(31)37)36(18-29(39)40)24-15-34(4,5)17-26(38)32(24)30/h7-13,30H,6,14-19H2,1-5H3,(H,39,40). The molecule has 0 unspecified atom stereocenters. The van der Waals surface area contributed by atoms with Gasteiger partial charge in [-0.25, -0.2) is 0 Å². The minimum absolute atomic E-state index is 0.0492. The molecule has 42 heavy (non-hydrogen) atoms. The van der Waals surface area contributed by atoms with Crippen LogP contribution in [0, 0.1) is 10.8 Å². The number of rotatable bonds is 8. The highest BCUT2D eigenvalue weighted by atomic mass is 35.5. The highest BCUT2D eigenvalue weighted by Crippen LogP contribution is 2.54. The number of ether oxygens (including phenoxy) is 2. The van der Waals surface area contributed by atoms with Crippen LogP contribution in [0.4, 0.5) is 0 Å². The van der Waals surface area contributed by atoms with Gasteiger partial charge in [-0.1, -0.05) is 57.5 Å². The Morgan fingerprint density at radius 3 is 1.98 bits per heavy atom. The Labute approximate surface area is 252 Å². The lowest BCUT2D eigenvalue weighted by molar-refractivity contribution is -0.138. The number of ketones is 2. The molecule has 0 radical (unpaired) electrons. The van der Waals surface area contributed by atoms with Gasteiger partial charge in [0, 0.05) is 46.3 Å². The molecular formula is C34H38ClNO6. The van der Waals surface area contributed by atoms with Crippen molar-refractivity contribution in [2.75, 3.05) is 13.2 Å². The summed E-state index contributed by atoms with van der Waals surface area (Å²) in [5.74, 6) is -0.627. The Morgan fingerprint density at radius 2 is 1.45 bits per heavy atom. The predicted molar refractivity (Wildman–Crippen MR) is 161 cm³/mol. The molecule has 5 rings (SSSR count). The number of carbonyl (C=O) groups excluding carboxylic acids is 2. The van der Waals surface area contributed by atoms with Gasteiger partial charge in [0.2, 0.25) is 0 Å². The summed E-state index contributed by atoms with van der Waals surface area (Å²) in [6, 6.07) is 13.0. The molecule has 0 bridgehead atoms. The van der Waals surface area contributed by atoms with Gasteiger partial charge in [0.05, 0.1) is 6.61 Å². The number of hydrogen-bond acceptors (Lipinski definition) is 6. The zero-order chi connectivity index (χ0) is 30.4. The molecule has 0 spiro atoms. The largest absolute Gasteiger partial charge is 0.490 e. The summed E-state index contributed by atoms with van der Waals surface area (Å²) in [5, 5.41) is 10.5. The van der Waals surface area contributed by atoms with E-state index in [2.05, 4.69) is 0 Å². The van der Waals surface area contributed by atoms with Crippen LogP contribution >= 0.6 is 11.6 Å². The summed E-state index contributed by atoms with van der Waals surface area (Å²) in [6.45, 7) is 10.4. The average molecular weight is 592 g/mol. The van der Waals surface area contributed by atoms with Crippen molar-refractivity contribution in [3.63, 3.8) is 0 Å². The second kappa shape index (κ2) is 11.3. The van der Waals surface area contributed by atoms with Crippen LogP contribution in [0.1, 0.15) is 77.3 Å². The molecule has 1 aliphatic heterocycles. The quantitative estimate of drug-likeness (QED) is 0.350. The number of Topliss-reactive ketones (excluding diaryl/α,β-unsaturated/α-hetero) is 2. The van der Waals surface area contributed by atoms with Crippen LogP contribution < -0.4 is 9.47 Å². The number of nitrogens with zero attached hydrogens (tertiary/aromatic N) is 1. The Bertz CT molecular complexity index is 1450. The van der Waals surface area contributed by atoms with Gasteiger partial charge < -0.3 is 19.5 Å². The van der Waals surface area contributed by atoms with Gasteiger partial charge in [0.1, 0.15) is 13.2 Å².